The van der Waals surface area contributed by atoms with Crippen LogP contribution in [0.15, 0.2) is 40.4 Å². The average molecular weight is 785 g/mol. The van der Waals surface area contributed by atoms with Crippen LogP contribution in [0.3, 0.4) is 0 Å². The lowest BCUT2D eigenvalue weighted by atomic mass is 9.84. The number of nitrogens with zero attached hydrogens (tertiary/aromatic N) is 6. The number of aliphatic imine (C=N–C) groups is 1. The van der Waals surface area contributed by atoms with E-state index < -0.39 is 62.7 Å². The van der Waals surface area contributed by atoms with Crippen molar-refractivity contribution < 1.29 is 42.2 Å². The van der Waals surface area contributed by atoms with Crippen molar-refractivity contribution in [2.45, 2.75) is 114 Å². The van der Waals surface area contributed by atoms with Crippen LogP contribution in [-0.4, -0.2) is 117 Å². The summed E-state index contributed by atoms with van der Waals surface area (Å²) in [6.45, 7) is 7.23. The highest BCUT2D eigenvalue weighted by molar-refractivity contribution is 7.89. The number of carbonyl (C=O) groups excluding carboxylic acids is 5. The van der Waals surface area contributed by atoms with E-state index in [-0.39, 0.29) is 80.6 Å². The van der Waals surface area contributed by atoms with Crippen LogP contribution in [0.25, 0.3) is 0 Å². The fraction of sp³-hybridized carbons (Fsp3) is 0.622. The Morgan fingerprint density at radius 3 is 2.27 bits per heavy atom. The van der Waals surface area contributed by atoms with Crippen LogP contribution in [0.5, 0.6) is 0 Å². The highest BCUT2D eigenvalue weighted by atomic mass is 32.2. The molecule has 0 bridgehead atoms. The van der Waals surface area contributed by atoms with E-state index in [1.807, 2.05) is 0 Å². The lowest BCUT2D eigenvalue weighted by Crippen LogP contribution is -2.63. The Kier molecular flexibility index (Phi) is 13.0. The molecule has 2 aromatic rings. The Bertz CT molecular complexity index is 1890. The van der Waals surface area contributed by atoms with Crippen LogP contribution in [0, 0.1) is 5.92 Å². The maximum Gasteiger partial charge on any atom is 0.287 e. The van der Waals surface area contributed by atoms with Crippen LogP contribution in [0.1, 0.15) is 108 Å². The third-order valence-electron chi connectivity index (χ3n) is 10.9. The highest BCUT2D eigenvalue weighted by Crippen LogP contribution is 2.34. The fourth-order valence-corrected chi connectivity index (χ4v) is 9.24. The fourth-order valence-electron chi connectivity index (χ4n) is 7.78. The number of ketones is 1. The minimum absolute atomic E-state index is 0.00547. The summed E-state index contributed by atoms with van der Waals surface area (Å²) in [5.41, 5.74) is 2.75. The Morgan fingerprint density at radius 2 is 1.69 bits per heavy atom. The van der Waals surface area contributed by atoms with E-state index in [2.05, 4.69) is 20.6 Å². The van der Waals surface area contributed by atoms with E-state index in [1.54, 1.807) is 27.7 Å². The number of aliphatic hydroxyl groups is 1. The van der Waals surface area contributed by atoms with E-state index in [9.17, 15) is 37.5 Å². The highest BCUT2D eigenvalue weighted by Gasteiger charge is 2.49. The molecule has 17 nitrogen and oxygen atoms in total. The standard InChI is InChI=1S/C37H52N8O9S/c1-5-43(6-2)55(52,53)27-14-12-25(13-15-27)33(48)40-28(20-24-10-8-7-9-11-24)35(50)44-23-26(45-30(22-39-42-45)36(3,4)51)21-29(44)34(49)41-37(31(46)32(38)47)16-18-54-19-17-37/h12-15,22,24,26,29,51H,5-11,16-21,23H2,1-4H3,(H2,38,47)(H,41,49)/b40-28+/t26-,29-/m0/s1. The molecule has 300 valence electrons. The first-order valence-electron chi connectivity index (χ1n) is 18.9. The number of nitrogens with two attached hydrogens (primary N) is 1. The number of aromatic nitrogens is 3. The molecular formula is C37H52N8O9S. The lowest BCUT2D eigenvalue weighted by Gasteiger charge is -2.37. The summed E-state index contributed by atoms with van der Waals surface area (Å²) in [6, 6.07) is 3.52. The van der Waals surface area contributed by atoms with Gasteiger partial charge in [0.25, 0.3) is 17.7 Å². The second-order valence-electron chi connectivity index (χ2n) is 15.0. The van der Waals surface area contributed by atoms with Gasteiger partial charge in [0, 0.05) is 57.7 Å². The van der Waals surface area contributed by atoms with E-state index in [1.165, 1.54) is 44.3 Å². The Hall–Kier alpha value is -4.39. The van der Waals surface area contributed by atoms with Gasteiger partial charge in [-0.1, -0.05) is 51.2 Å². The van der Waals surface area contributed by atoms with Crippen molar-refractivity contribution in [1.29, 1.82) is 0 Å². The average Bonchev–Trinajstić information content (AvgIpc) is 3.84. The van der Waals surface area contributed by atoms with Crippen molar-refractivity contribution in [3.8, 4) is 0 Å². The first-order valence-corrected chi connectivity index (χ1v) is 20.4. The molecule has 5 rings (SSSR count). The van der Waals surface area contributed by atoms with Gasteiger partial charge < -0.3 is 25.8 Å². The van der Waals surface area contributed by atoms with Gasteiger partial charge in [-0.3, -0.25) is 24.0 Å². The summed E-state index contributed by atoms with van der Waals surface area (Å²) >= 11 is 0. The predicted molar refractivity (Wildman–Crippen MR) is 199 cm³/mol. The van der Waals surface area contributed by atoms with Crippen LogP contribution in [0.2, 0.25) is 0 Å². The predicted octanol–water partition coefficient (Wildman–Crippen LogP) is 1.65. The third kappa shape index (κ3) is 9.19. The SMILES string of the molecule is CCN(CC)S(=O)(=O)c1ccc(C(=O)/N=C(\CC2CCCCC2)C(=O)N2C[C@@H](n3nncc3C(C)(C)O)C[C@H]2C(=O)NC2(C(=O)C(N)=O)CCOCC2)cc1. The third-order valence-corrected chi connectivity index (χ3v) is 13.0. The molecule has 55 heavy (non-hydrogen) atoms. The van der Waals surface area contributed by atoms with E-state index in [0.29, 0.717) is 5.69 Å². The zero-order valence-corrected chi connectivity index (χ0v) is 32.7. The van der Waals surface area contributed by atoms with Gasteiger partial charge in [-0.25, -0.2) is 18.1 Å². The van der Waals surface area contributed by atoms with Crippen LogP contribution in [-0.2, 0) is 39.5 Å². The molecule has 2 saturated heterocycles. The summed E-state index contributed by atoms with van der Waals surface area (Å²) in [6.07, 6.45) is 6.13. The second-order valence-corrected chi connectivity index (χ2v) is 17.0. The molecule has 3 fully saturated rings. The van der Waals surface area contributed by atoms with Gasteiger partial charge in [-0.05, 0) is 50.5 Å². The summed E-state index contributed by atoms with van der Waals surface area (Å²) in [4.78, 5) is 73.8. The topological polar surface area (TPSA) is 237 Å². The number of carbonyl (C=O) groups is 5. The Morgan fingerprint density at radius 1 is 1.05 bits per heavy atom. The van der Waals surface area contributed by atoms with Crippen molar-refractivity contribution in [1.82, 2.24) is 29.5 Å². The molecular weight excluding hydrogens is 733 g/mol. The van der Waals surface area contributed by atoms with Gasteiger partial charge >= 0.3 is 0 Å². The molecule has 0 unspecified atom stereocenters. The lowest BCUT2D eigenvalue weighted by molar-refractivity contribution is -0.146. The first kappa shape index (κ1) is 41.8. The molecule has 0 radical (unpaired) electrons. The number of hydrogen-bond donors (Lipinski definition) is 3. The number of Topliss-reactive ketones (excluding diaryl/α,β-unsaturated/α-hetero) is 1. The van der Waals surface area contributed by atoms with Crippen molar-refractivity contribution in [2.75, 3.05) is 32.8 Å². The van der Waals surface area contributed by atoms with Gasteiger partial charge in [-0.2, -0.15) is 4.31 Å². The number of nitrogens with one attached hydrogen (secondary N) is 1. The zero-order valence-electron chi connectivity index (χ0n) is 31.9. The molecule has 4 amide bonds. The number of sulfonamides is 1. The van der Waals surface area contributed by atoms with E-state index in [0.717, 1.165) is 32.1 Å². The van der Waals surface area contributed by atoms with Crippen LogP contribution >= 0.6 is 0 Å². The molecule has 1 aromatic heterocycles. The van der Waals surface area contributed by atoms with Crippen LogP contribution < -0.4 is 11.1 Å². The molecule has 3 heterocycles. The summed E-state index contributed by atoms with van der Waals surface area (Å²) in [5.74, 6) is -4.28. The van der Waals surface area contributed by atoms with Crippen molar-refractivity contribution in [2.24, 2.45) is 16.6 Å². The molecule has 2 aliphatic heterocycles. The quantitative estimate of drug-likeness (QED) is 0.184. The normalized spacial score (nSPS) is 21.1. The number of rotatable bonds is 14. The molecule has 1 aliphatic carbocycles. The van der Waals surface area contributed by atoms with Gasteiger partial charge in [-0.15, -0.1) is 5.10 Å². The monoisotopic (exact) mass is 784 g/mol. The molecule has 0 spiro atoms. The number of amides is 4. The number of hydrogen-bond acceptors (Lipinski definition) is 11. The number of primary amides is 1. The minimum atomic E-state index is -3.78. The van der Waals surface area contributed by atoms with Gasteiger partial charge in [0.2, 0.25) is 21.7 Å². The number of likely N-dealkylation sites (tertiary alicyclic amines) is 1. The molecule has 1 aromatic carbocycles. The van der Waals surface area contributed by atoms with Crippen molar-refractivity contribution in [3.05, 3.63) is 41.7 Å². The van der Waals surface area contributed by atoms with E-state index in [4.69, 9.17) is 10.5 Å². The van der Waals surface area contributed by atoms with E-state index >= 15 is 0 Å². The smallest absolute Gasteiger partial charge is 0.287 e. The molecule has 2 atom stereocenters. The molecule has 1 saturated carbocycles. The van der Waals surface area contributed by atoms with Crippen molar-refractivity contribution in [3.63, 3.8) is 0 Å². The molecule has 18 heteroatoms. The van der Waals surface area contributed by atoms with Gasteiger partial charge in [0.05, 0.1) is 22.8 Å². The largest absolute Gasteiger partial charge is 0.384 e. The molecule has 4 N–H and O–H groups in total. The van der Waals surface area contributed by atoms with Gasteiger partial charge in [0.15, 0.2) is 0 Å². The Balaban J connectivity index is 1.52. The van der Waals surface area contributed by atoms with Gasteiger partial charge in [0.1, 0.15) is 22.9 Å². The first-order chi connectivity index (χ1) is 26.0. The number of ether oxygens (including phenoxy) is 1. The summed E-state index contributed by atoms with van der Waals surface area (Å²) in [7, 11) is -3.78. The molecule has 3 aliphatic rings. The zero-order chi connectivity index (χ0) is 40.1. The van der Waals surface area contributed by atoms with Crippen molar-refractivity contribution >= 4 is 45.1 Å². The summed E-state index contributed by atoms with van der Waals surface area (Å²) < 4.78 is 34.3. The number of benzene rings is 1. The summed E-state index contributed by atoms with van der Waals surface area (Å²) in [5, 5.41) is 21.8. The minimum Gasteiger partial charge on any atom is -0.384 e. The second kappa shape index (κ2) is 17.2. The maximum absolute atomic E-state index is 14.8. The Labute approximate surface area is 321 Å². The van der Waals surface area contributed by atoms with Crippen LogP contribution in [0.4, 0.5) is 0 Å². The maximum atomic E-state index is 14.8.